The molecule has 1 aromatic carbocycles. The Bertz CT molecular complexity index is 398. The molecular formula is C16H22ClNO. The summed E-state index contributed by atoms with van der Waals surface area (Å²) < 4.78 is 0. The third-order valence-corrected chi connectivity index (χ3v) is 4.37. The average Bonchev–Trinajstić information content (AvgIpc) is 2.48. The van der Waals surface area contributed by atoms with Crippen molar-refractivity contribution in [2.75, 3.05) is 13.1 Å². The van der Waals surface area contributed by atoms with Crippen molar-refractivity contribution < 1.29 is 4.79 Å². The highest BCUT2D eigenvalue weighted by Gasteiger charge is 2.27. The van der Waals surface area contributed by atoms with E-state index in [4.69, 9.17) is 11.6 Å². The van der Waals surface area contributed by atoms with Gasteiger partial charge in [-0.05, 0) is 24.3 Å². The molecule has 0 aromatic heterocycles. The quantitative estimate of drug-likeness (QED) is 0.763. The summed E-state index contributed by atoms with van der Waals surface area (Å²) in [5.41, 5.74) is 0.893. The molecule has 1 aliphatic rings. The van der Waals surface area contributed by atoms with Gasteiger partial charge in [-0.15, -0.1) is 11.6 Å². The minimum atomic E-state index is -0.538. The molecule has 1 aliphatic heterocycles. The number of carbonyl (C=O) groups is 1. The summed E-state index contributed by atoms with van der Waals surface area (Å²) in [4.78, 5) is 14.3. The van der Waals surface area contributed by atoms with Gasteiger partial charge in [-0.2, -0.15) is 0 Å². The Labute approximate surface area is 120 Å². The van der Waals surface area contributed by atoms with Crippen LogP contribution < -0.4 is 0 Å². The Morgan fingerprint density at radius 3 is 2.53 bits per heavy atom. The van der Waals surface area contributed by atoms with E-state index in [1.165, 1.54) is 12.8 Å². The maximum atomic E-state index is 12.4. The van der Waals surface area contributed by atoms with E-state index < -0.39 is 5.38 Å². The second-order valence-corrected chi connectivity index (χ2v) is 5.77. The lowest BCUT2D eigenvalue weighted by molar-refractivity contribution is -0.132. The van der Waals surface area contributed by atoms with Gasteiger partial charge in [-0.25, -0.2) is 0 Å². The van der Waals surface area contributed by atoms with Gasteiger partial charge in [0.05, 0.1) is 0 Å². The van der Waals surface area contributed by atoms with Crippen molar-refractivity contribution in [3.05, 3.63) is 35.9 Å². The predicted octanol–water partition coefficient (Wildman–Crippen LogP) is 4.01. The molecule has 1 unspecified atom stereocenters. The molecule has 2 nitrogen and oxygen atoms in total. The molecule has 1 heterocycles. The smallest absolute Gasteiger partial charge is 0.245 e. The number of carbonyl (C=O) groups excluding carboxylic acids is 1. The first-order chi connectivity index (χ1) is 9.22. The van der Waals surface area contributed by atoms with Crippen LogP contribution in [0.15, 0.2) is 30.3 Å². The molecule has 19 heavy (non-hydrogen) atoms. The van der Waals surface area contributed by atoms with Crippen molar-refractivity contribution in [3.8, 4) is 0 Å². The fourth-order valence-corrected chi connectivity index (χ4v) is 3.06. The number of amides is 1. The van der Waals surface area contributed by atoms with E-state index in [2.05, 4.69) is 6.92 Å². The van der Waals surface area contributed by atoms with E-state index in [9.17, 15) is 4.79 Å². The number of rotatable bonds is 4. The molecule has 2 rings (SSSR count). The third kappa shape index (κ3) is 3.73. The highest BCUT2D eigenvalue weighted by atomic mass is 35.5. The maximum Gasteiger partial charge on any atom is 0.245 e. The van der Waals surface area contributed by atoms with Gasteiger partial charge in [-0.1, -0.05) is 50.1 Å². The number of alkyl halides is 1. The minimum absolute atomic E-state index is 0.0582. The summed E-state index contributed by atoms with van der Waals surface area (Å²) in [6, 6.07) is 9.61. The highest BCUT2D eigenvalue weighted by molar-refractivity contribution is 6.30. The highest BCUT2D eigenvalue weighted by Crippen LogP contribution is 2.27. The summed E-state index contributed by atoms with van der Waals surface area (Å²) in [5, 5.41) is -0.538. The number of nitrogens with zero attached hydrogens (tertiary/aromatic N) is 1. The van der Waals surface area contributed by atoms with E-state index in [1.54, 1.807) is 0 Å². The van der Waals surface area contributed by atoms with E-state index in [0.29, 0.717) is 0 Å². The fourth-order valence-electron chi connectivity index (χ4n) is 2.78. The Morgan fingerprint density at radius 2 is 1.95 bits per heavy atom. The molecule has 104 valence electrons. The summed E-state index contributed by atoms with van der Waals surface area (Å²) in [6.07, 6.45) is 4.77. The van der Waals surface area contributed by atoms with Crippen molar-refractivity contribution in [2.24, 2.45) is 5.92 Å². The molecule has 1 saturated heterocycles. The first-order valence-electron chi connectivity index (χ1n) is 7.20. The number of hydrogen-bond acceptors (Lipinski definition) is 1. The molecule has 1 fully saturated rings. The van der Waals surface area contributed by atoms with E-state index in [-0.39, 0.29) is 5.91 Å². The van der Waals surface area contributed by atoms with Crippen LogP contribution in [0.3, 0.4) is 0 Å². The van der Waals surface area contributed by atoms with Gasteiger partial charge >= 0.3 is 0 Å². The van der Waals surface area contributed by atoms with Crippen LogP contribution in [-0.2, 0) is 4.79 Å². The minimum Gasteiger partial charge on any atom is -0.341 e. The molecule has 0 aliphatic carbocycles. The van der Waals surface area contributed by atoms with Crippen molar-refractivity contribution in [1.82, 2.24) is 4.90 Å². The second-order valence-electron chi connectivity index (χ2n) is 5.33. The summed E-state index contributed by atoms with van der Waals surface area (Å²) in [6.45, 7) is 3.95. The van der Waals surface area contributed by atoms with Gasteiger partial charge in [0, 0.05) is 13.1 Å². The molecule has 0 radical (unpaired) electrons. The van der Waals surface area contributed by atoms with Crippen molar-refractivity contribution in [1.29, 1.82) is 0 Å². The van der Waals surface area contributed by atoms with Crippen molar-refractivity contribution in [2.45, 2.75) is 38.0 Å². The monoisotopic (exact) mass is 279 g/mol. The van der Waals surface area contributed by atoms with Gasteiger partial charge in [0.15, 0.2) is 0 Å². The molecule has 1 amide bonds. The number of likely N-dealkylation sites (tertiary alicyclic amines) is 1. The third-order valence-electron chi connectivity index (χ3n) is 3.93. The molecule has 0 N–H and O–H groups in total. The average molecular weight is 280 g/mol. The van der Waals surface area contributed by atoms with Gasteiger partial charge in [0.2, 0.25) is 5.91 Å². The summed E-state index contributed by atoms with van der Waals surface area (Å²) >= 11 is 6.30. The Morgan fingerprint density at radius 1 is 1.32 bits per heavy atom. The van der Waals surface area contributed by atoms with Crippen LogP contribution in [0.5, 0.6) is 0 Å². The first kappa shape index (κ1) is 14.4. The summed E-state index contributed by atoms with van der Waals surface area (Å²) in [5.74, 6) is 0.849. The van der Waals surface area contributed by atoms with E-state index in [0.717, 1.165) is 37.4 Å². The van der Waals surface area contributed by atoms with Gasteiger partial charge in [0.25, 0.3) is 0 Å². The Balaban J connectivity index is 1.91. The van der Waals surface area contributed by atoms with E-state index in [1.807, 2.05) is 35.2 Å². The zero-order valence-electron chi connectivity index (χ0n) is 11.5. The molecule has 0 bridgehead atoms. The lowest BCUT2D eigenvalue weighted by Crippen LogP contribution is -2.40. The normalized spacial score (nSPS) is 18.3. The standard InChI is InChI=1S/C16H22ClNO/c1-2-6-13-9-11-18(12-10-13)16(19)15(17)14-7-4-3-5-8-14/h3-5,7-8,13,15H,2,6,9-12H2,1H3. The lowest BCUT2D eigenvalue weighted by Gasteiger charge is -2.33. The molecule has 0 saturated carbocycles. The van der Waals surface area contributed by atoms with Crippen LogP contribution in [0.4, 0.5) is 0 Å². The van der Waals surface area contributed by atoms with Crippen LogP contribution in [0, 0.1) is 5.92 Å². The van der Waals surface area contributed by atoms with Crippen LogP contribution in [0.1, 0.15) is 43.5 Å². The first-order valence-corrected chi connectivity index (χ1v) is 7.63. The number of hydrogen-bond donors (Lipinski definition) is 0. The zero-order valence-corrected chi connectivity index (χ0v) is 12.3. The molecular weight excluding hydrogens is 258 g/mol. The maximum absolute atomic E-state index is 12.4. The molecule has 0 spiro atoms. The number of piperidine rings is 1. The molecule has 1 atom stereocenters. The topological polar surface area (TPSA) is 20.3 Å². The Kier molecular flexibility index (Phi) is 5.26. The van der Waals surface area contributed by atoms with Crippen molar-refractivity contribution in [3.63, 3.8) is 0 Å². The zero-order chi connectivity index (χ0) is 13.7. The fraction of sp³-hybridized carbons (Fsp3) is 0.562. The molecule has 3 heteroatoms. The lowest BCUT2D eigenvalue weighted by atomic mass is 9.92. The van der Waals surface area contributed by atoms with Crippen LogP contribution >= 0.6 is 11.6 Å². The van der Waals surface area contributed by atoms with Gasteiger partial charge < -0.3 is 4.90 Å². The number of benzene rings is 1. The molecule has 1 aromatic rings. The Hall–Kier alpha value is -1.02. The summed E-state index contributed by atoms with van der Waals surface area (Å²) in [7, 11) is 0. The SMILES string of the molecule is CCCC1CCN(C(=O)C(Cl)c2ccccc2)CC1. The van der Waals surface area contributed by atoms with Crippen LogP contribution in [0.25, 0.3) is 0 Å². The van der Waals surface area contributed by atoms with E-state index >= 15 is 0 Å². The van der Waals surface area contributed by atoms with Gasteiger partial charge in [-0.3, -0.25) is 4.79 Å². The number of halogens is 1. The van der Waals surface area contributed by atoms with Gasteiger partial charge in [0.1, 0.15) is 5.38 Å². The van der Waals surface area contributed by atoms with Crippen LogP contribution in [0.2, 0.25) is 0 Å². The second kappa shape index (κ2) is 6.95. The van der Waals surface area contributed by atoms with Crippen LogP contribution in [-0.4, -0.2) is 23.9 Å². The predicted molar refractivity (Wildman–Crippen MR) is 79.2 cm³/mol. The largest absolute Gasteiger partial charge is 0.341 e. The van der Waals surface area contributed by atoms with Crippen molar-refractivity contribution >= 4 is 17.5 Å².